The molecule has 5 heteroatoms. The smallest absolute Gasteiger partial charge is 0.292 e. The van der Waals surface area contributed by atoms with Crippen LogP contribution in [0.4, 0.5) is 0 Å². The first-order valence-electron chi connectivity index (χ1n) is 5.09. The normalized spacial score (nSPS) is 7.47. The second-order valence-electron chi connectivity index (χ2n) is 3.01. The quantitative estimate of drug-likeness (QED) is 0.787. The van der Waals surface area contributed by atoms with Crippen LogP contribution in [0.5, 0.6) is 11.5 Å². The lowest BCUT2D eigenvalue weighted by atomic mass is 10.3. The molecule has 0 amide bonds. The monoisotopic (exact) mass is 272 g/mol. The van der Waals surface area contributed by atoms with Gasteiger partial charge in [0.1, 0.15) is 11.5 Å². The highest BCUT2D eigenvalue weighted by atomic mass is 32.1. The van der Waals surface area contributed by atoms with Gasteiger partial charge in [0.05, 0.1) is 0 Å². The summed E-state index contributed by atoms with van der Waals surface area (Å²) in [6, 6.07) is 17.9. The molecule has 2 rings (SSSR count). The highest BCUT2D eigenvalue weighted by molar-refractivity contribution is 7.59. The summed E-state index contributed by atoms with van der Waals surface area (Å²) in [5.74, 6) is 1.17. The van der Waals surface area contributed by atoms with Gasteiger partial charge in [0, 0.05) is 0 Å². The summed E-state index contributed by atoms with van der Waals surface area (Å²) in [4.78, 5) is 0. The van der Waals surface area contributed by atoms with E-state index in [4.69, 9.17) is 10.5 Å². The maximum Gasteiger partial charge on any atom is 0.292 e. The fraction of sp³-hybridized carbons (Fsp3) is 0. The second-order valence-corrected chi connectivity index (χ2v) is 3.01. The van der Waals surface area contributed by atoms with Crippen LogP contribution in [0.2, 0.25) is 0 Å². The third kappa shape index (κ3) is 7.32. The van der Waals surface area contributed by atoms with Crippen LogP contribution in [0.3, 0.4) is 0 Å². The molecule has 0 unspecified atom stereocenters. The molecule has 0 radical (unpaired) electrons. The minimum atomic E-state index is 0. The molecule has 2 aromatic rings. The van der Waals surface area contributed by atoms with E-state index in [1.807, 2.05) is 36.4 Å². The molecule has 0 N–H and O–H groups in total. The van der Waals surface area contributed by atoms with Crippen LogP contribution in [-0.4, -0.2) is 0 Å². The number of rotatable bonds is 2. The maximum atomic E-state index is 8.05. The number of ether oxygens (including phenoxy) is 2. The molecule has 0 aromatic heterocycles. The van der Waals surface area contributed by atoms with Crippen molar-refractivity contribution in [3.8, 4) is 24.0 Å². The number of hydrogen-bond acceptors (Lipinski definition) is 4. The molecule has 0 aliphatic rings. The Morgan fingerprint density at radius 2 is 0.947 bits per heavy atom. The first-order valence-corrected chi connectivity index (χ1v) is 5.09. The van der Waals surface area contributed by atoms with Crippen LogP contribution in [0.1, 0.15) is 0 Å². The standard InChI is InChI=1S/2C7H5NO.H2S/c2*8-6-9-7-4-2-1-3-5-7;/h2*1-5H;1H2. The molecule has 4 nitrogen and oxygen atoms in total. The van der Waals surface area contributed by atoms with E-state index in [2.05, 4.69) is 9.47 Å². The lowest BCUT2D eigenvalue weighted by Gasteiger charge is -1.89. The summed E-state index contributed by atoms with van der Waals surface area (Å²) in [6.45, 7) is 0. The molecule has 0 fully saturated rings. The summed E-state index contributed by atoms with van der Waals surface area (Å²) in [6.07, 6.45) is 3.17. The molecule has 0 aliphatic heterocycles. The van der Waals surface area contributed by atoms with Gasteiger partial charge in [-0.15, -0.1) is 10.5 Å². The maximum absolute atomic E-state index is 8.05. The molecular formula is C14H12N2O2S. The molecule has 19 heavy (non-hydrogen) atoms. The fourth-order valence-electron chi connectivity index (χ4n) is 1.08. The summed E-state index contributed by atoms with van der Waals surface area (Å²) >= 11 is 0. The molecule has 2 aromatic carbocycles. The number of hydrogen-bond donors (Lipinski definition) is 0. The van der Waals surface area contributed by atoms with Gasteiger partial charge in [0.2, 0.25) is 0 Å². The van der Waals surface area contributed by atoms with Gasteiger partial charge in [-0.05, 0) is 24.3 Å². The van der Waals surface area contributed by atoms with Crippen molar-refractivity contribution in [2.45, 2.75) is 0 Å². The summed E-state index contributed by atoms with van der Waals surface area (Å²) in [5.41, 5.74) is 0. The lowest BCUT2D eigenvalue weighted by Crippen LogP contribution is -1.78. The topological polar surface area (TPSA) is 66.0 Å². The van der Waals surface area contributed by atoms with E-state index in [9.17, 15) is 0 Å². The Balaban J connectivity index is 0.000000324. The van der Waals surface area contributed by atoms with Gasteiger partial charge >= 0.3 is 0 Å². The van der Waals surface area contributed by atoms with E-state index in [1.165, 1.54) is 0 Å². The van der Waals surface area contributed by atoms with Crippen LogP contribution in [0, 0.1) is 23.0 Å². The summed E-state index contributed by atoms with van der Waals surface area (Å²) < 4.78 is 9.02. The van der Waals surface area contributed by atoms with Crippen molar-refractivity contribution in [1.82, 2.24) is 0 Å². The Kier molecular flexibility index (Phi) is 9.06. The highest BCUT2D eigenvalue weighted by Gasteiger charge is 1.85. The van der Waals surface area contributed by atoms with E-state index < -0.39 is 0 Å². The van der Waals surface area contributed by atoms with Crippen molar-refractivity contribution in [2.75, 3.05) is 0 Å². The summed E-state index contributed by atoms with van der Waals surface area (Å²) in [5, 5.41) is 16.1. The first-order chi connectivity index (χ1) is 8.86. The lowest BCUT2D eigenvalue weighted by molar-refractivity contribution is 0.507. The molecular weight excluding hydrogens is 260 g/mol. The Morgan fingerprint density at radius 3 is 1.21 bits per heavy atom. The van der Waals surface area contributed by atoms with Gasteiger partial charge in [0.15, 0.2) is 0 Å². The van der Waals surface area contributed by atoms with Crippen LogP contribution in [-0.2, 0) is 0 Å². The fourth-order valence-corrected chi connectivity index (χ4v) is 1.08. The Labute approximate surface area is 118 Å². The van der Waals surface area contributed by atoms with E-state index in [1.54, 1.807) is 36.8 Å². The van der Waals surface area contributed by atoms with Gasteiger partial charge in [0.25, 0.3) is 12.5 Å². The van der Waals surface area contributed by atoms with Crippen molar-refractivity contribution in [1.29, 1.82) is 10.5 Å². The van der Waals surface area contributed by atoms with Crippen molar-refractivity contribution < 1.29 is 9.47 Å². The molecule has 0 atom stereocenters. The third-order valence-corrected chi connectivity index (χ3v) is 1.81. The molecule has 0 aliphatic carbocycles. The summed E-state index contributed by atoms with van der Waals surface area (Å²) in [7, 11) is 0. The van der Waals surface area contributed by atoms with Gasteiger partial charge in [-0.2, -0.15) is 13.5 Å². The van der Waals surface area contributed by atoms with Gasteiger partial charge in [-0.1, -0.05) is 36.4 Å². The molecule has 0 saturated heterocycles. The molecule has 0 saturated carbocycles. The van der Waals surface area contributed by atoms with Crippen molar-refractivity contribution in [2.24, 2.45) is 0 Å². The Bertz CT molecular complexity index is 481. The van der Waals surface area contributed by atoms with E-state index >= 15 is 0 Å². The van der Waals surface area contributed by atoms with E-state index in [-0.39, 0.29) is 13.5 Å². The minimum absolute atomic E-state index is 0. The minimum Gasteiger partial charge on any atom is -0.388 e. The van der Waals surface area contributed by atoms with Crippen LogP contribution >= 0.6 is 13.5 Å². The number of nitriles is 2. The van der Waals surface area contributed by atoms with Crippen LogP contribution in [0.15, 0.2) is 60.7 Å². The molecule has 96 valence electrons. The van der Waals surface area contributed by atoms with Crippen LogP contribution in [0.25, 0.3) is 0 Å². The zero-order valence-electron chi connectivity index (χ0n) is 9.98. The average Bonchev–Trinajstić information content (AvgIpc) is 2.43. The van der Waals surface area contributed by atoms with Gasteiger partial charge < -0.3 is 9.47 Å². The highest BCUT2D eigenvalue weighted by Crippen LogP contribution is 2.07. The van der Waals surface area contributed by atoms with Gasteiger partial charge in [-0.3, -0.25) is 0 Å². The van der Waals surface area contributed by atoms with E-state index in [0.29, 0.717) is 11.5 Å². The van der Waals surface area contributed by atoms with Crippen molar-refractivity contribution in [3.05, 3.63) is 60.7 Å². The van der Waals surface area contributed by atoms with Gasteiger partial charge in [-0.25, -0.2) is 0 Å². The Morgan fingerprint density at radius 1 is 0.632 bits per heavy atom. The Hall–Kier alpha value is -2.63. The zero-order chi connectivity index (χ0) is 13.1. The number of nitrogens with zero attached hydrogens (tertiary/aromatic N) is 2. The first kappa shape index (κ1) is 16.4. The van der Waals surface area contributed by atoms with Crippen molar-refractivity contribution >= 4 is 13.5 Å². The molecule has 0 bridgehead atoms. The third-order valence-electron chi connectivity index (χ3n) is 1.81. The SMILES string of the molecule is N#COc1ccccc1.N#COc1ccccc1.S. The predicted octanol–water partition coefficient (Wildman–Crippen LogP) is 3.21. The second kappa shape index (κ2) is 10.5. The predicted molar refractivity (Wildman–Crippen MR) is 75.7 cm³/mol. The molecule has 0 spiro atoms. The number of para-hydroxylation sites is 2. The van der Waals surface area contributed by atoms with E-state index in [0.717, 1.165) is 0 Å². The molecule has 0 heterocycles. The largest absolute Gasteiger partial charge is 0.388 e. The number of benzene rings is 2. The zero-order valence-corrected chi connectivity index (χ0v) is 11.0. The van der Waals surface area contributed by atoms with Crippen molar-refractivity contribution in [3.63, 3.8) is 0 Å². The average molecular weight is 272 g/mol. The van der Waals surface area contributed by atoms with Crippen LogP contribution < -0.4 is 9.47 Å².